The maximum Gasteiger partial charge on any atom is 0.237 e. The summed E-state index contributed by atoms with van der Waals surface area (Å²) >= 11 is 1.52. The molecule has 0 spiro atoms. The average molecular weight is 773 g/mol. The fourth-order valence-electron chi connectivity index (χ4n) is 5.54. The van der Waals surface area contributed by atoms with Crippen molar-refractivity contribution >= 4 is 55.6 Å². The predicted octanol–water partition coefficient (Wildman–Crippen LogP) is 5.82. The van der Waals surface area contributed by atoms with Gasteiger partial charge in [-0.05, 0) is 70.4 Å². The van der Waals surface area contributed by atoms with Crippen molar-refractivity contribution in [3.05, 3.63) is 52.5 Å². The molecule has 3 fully saturated rings. The number of nitrogens with two attached hydrogens (primary N) is 1. The molecule has 5 N–H and O–H groups in total. The number of nitrogens with zero attached hydrogens (tertiary/aromatic N) is 2. The largest absolute Gasteiger partial charge is 0.497 e. The molecule has 2 atom stereocenters. The van der Waals surface area contributed by atoms with Crippen LogP contribution in [-0.2, 0) is 24.4 Å². The van der Waals surface area contributed by atoms with E-state index in [2.05, 4.69) is 47.4 Å². The summed E-state index contributed by atoms with van der Waals surface area (Å²) in [4.78, 5) is 53.5. The van der Waals surface area contributed by atoms with Crippen molar-refractivity contribution in [2.75, 3.05) is 26.0 Å². The highest BCUT2D eigenvalue weighted by Crippen LogP contribution is 2.40. The Kier molecular flexibility index (Phi) is 17.0. The maximum atomic E-state index is 12.3. The topological polar surface area (TPSA) is 194 Å². The first-order valence-corrected chi connectivity index (χ1v) is 20.7. The van der Waals surface area contributed by atoms with Gasteiger partial charge in [0.05, 0.1) is 29.3 Å². The molecular formula is C38H56N6O7S2. The van der Waals surface area contributed by atoms with E-state index in [4.69, 9.17) is 10.5 Å². The molecule has 3 aliphatic rings. The molecule has 3 saturated carbocycles. The summed E-state index contributed by atoms with van der Waals surface area (Å²) in [5.41, 5.74) is 7.24. The molecule has 2 heterocycles. The van der Waals surface area contributed by atoms with Crippen LogP contribution in [0, 0.1) is 17.8 Å². The molecule has 0 unspecified atom stereocenters. The minimum atomic E-state index is -3.36. The van der Waals surface area contributed by atoms with Crippen LogP contribution in [0.25, 0.3) is 22.3 Å². The second-order valence-electron chi connectivity index (χ2n) is 13.9. The van der Waals surface area contributed by atoms with Gasteiger partial charge < -0.3 is 25.7 Å². The lowest BCUT2D eigenvalue weighted by Crippen LogP contribution is -2.34. The normalized spacial score (nSPS) is 17.5. The van der Waals surface area contributed by atoms with Crippen LogP contribution in [0.2, 0.25) is 0 Å². The number of benzene rings is 1. The molecule has 15 heteroatoms. The Morgan fingerprint density at radius 3 is 2.40 bits per heavy atom. The third kappa shape index (κ3) is 14.3. The van der Waals surface area contributed by atoms with Gasteiger partial charge in [-0.2, -0.15) is 0 Å². The number of rotatable bonds is 14. The van der Waals surface area contributed by atoms with Crippen LogP contribution in [0.3, 0.4) is 0 Å². The molecule has 0 radical (unpaired) electrons. The Morgan fingerprint density at radius 2 is 1.87 bits per heavy atom. The van der Waals surface area contributed by atoms with Crippen molar-refractivity contribution < 1.29 is 27.5 Å². The van der Waals surface area contributed by atoms with Gasteiger partial charge in [-0.25, -0.2) is 13.4 Å². The number of fused-ring (bicyclic) bond motifs is 1. The smallest absolute Gasteiger partial charge is 0.237 e. The van der Waals surface area contributed by atoms with Crippen LogP contribution in [0.15, 0.2) is 47.1 Å². The average Bonchev–Trinajstić information content (AvgIpc) is 4.03. The van der Waals surface area contributed by atoms with Crippen molar-refractivity contribution in [1.29, 1.82) is 0 Å². The number of allylic oxidation sites excluding steroid dienone is 1. The SMILES string of the molecule is C=C[C@@H]1C[C@@H]1C(=O)NS(=O)(=O)C1CC1.CCCCCN(C)C=O.COc1ccc2c(=O)cc(-c3csc(NC(C)C)n3)[nH]c2c1.NC(=O)C1CCCC1. The minimum Gasteiger partial charge on any atom is -0.497 e. The van der Waals surface area contributed by atoms with E-state index < -0.39 is 10.0 Å². The number of aromatic amines is 1. The van der Waals surface area contributed by atoms with Crippen molar-refractivity contribution in [3.63, 3.8) is 0 Å². The Labute approximate surface area is 317 Å². The van der Waals surface area contributed by atoms with Gasteiger partial charge in [-0.1, -0.05) is 38.7 Å². The van der Waals surface area contributed by atoms with Crippen LogP contribution < -0.4 is 25.9 Å². The molecule has 3 aromatic rings. The molecule has 13 nitrogen and oxygen atoms in total. The number of anilines is 1. The summed E-state index contributed by atoms with van der Waals surface area (Å²) in [5.74, 6) is 0.450. The molecular weight excluding hydrogens is 717 g/mol. The first kappa shape index (κ1) is 43.2. The van der Waals surface area contributed by atoms with E-state index in [-0.39, 0.29) is 40.2 Å². The third-order valence-electron chi connectivity index (χ3n) is 8.97. The van der Waals surface area contributed by atoms with E-state index in [9.17, 15) is 27.6 Å². The Bertz CT molecular complexity index is 1830. The van der Waals surface area contributed by atoms with Crippen molar-refractivity contribution in [1.82, 2.24) is 19.6 Å². The van der Waals surface area contributed by atoms with Gasteiger partial charge in [0.1, 0.15) is 5.75 Å². The molecule has 3 aliphatic carbocycles. The standard InChI is InChI=1S/C16H17N3O2S.C9H13NO3S.C7H15NO.C6H11NO/c1-9(2)17-16-19-14(8-22-16)13-7-15(20)11-5-4-10(21-3)6-12(11)18-13;1-2-6-5-8(6)9(11)10-14(12,13)7-3-4-7;1-3-4-5-6-8(2)7-9;7-6(8)5-3-1-2-4-5/h4-9H,1-3H3,(H,17,19)(H,18,20);2,6-8H,1,3-5H2,(H,10,11);7H,3-6H2,1-2H3;5H,1-4H2,(H2,7,8)/t;6-,8+;;/m.1../s1. The molecule has 0 bridgehead atoms. The lowest BCUT2D eigenvalue weighted by molar-refractivity contribution is -0.122. The third-order valence-corrected chi connectivity index (χ3v) is 11.6. The number of H-pyrrole nitrogens is 1. The molecule has 3 amide bonds. The number of carbonyl (C=O) groups excluding carboxylic acids is 3. The Balaban J connectivity index is 0.000000209. The van der Waals surface area contributed by atoms with Gasteiger partial charge in [0.2, 0.25) is 28.2 Å². The van der Waals surface area contributed by atoms with E-state index in [0.29, 0.717) is 35.7 Å². The number of nitrogens with one attached hydrogen (secondary N) is 3. The summed E-state index contributed by atoms with van der Waals surface area (Å²) in [5, 5.41) is 6.35. The monoisotopic (exact) mass is 772 g/mol. The highest BCUT2D eigenvalue weighted by Gasteiger charge is 2.44. The zero-order chi connectivity index (χ0) is 39.1. The van der Waals surface area contributed by atoms with Gasteiger partial charge in [0, 0.05) is 54.4 Å². The summed E-state index contributed by atoms with van der Waals surface area (Å²) < 4.78 is 30.1. The zero-order valence-electron chi connectivity index (χ0n) is 31.6. The summed E-state index contributed by atoms with van der Waals surface area (Å²) in [7, 11) is 0.0560. The minimum absolute atomic E-state index is 0.0298. The van der Waals surface area contributed by atoms with Crippen LogP contribution in [-0.4, -0.2) is 73.5 Å². The van der Waals surface area contributed by atoms with Crippen LogP contribution >= 0.6 is 11.3 Å². The molecule has 0 saturated heterocycles. The van der Waals surface area contributed by atoms with Crippen LogP contribution in [0.5, 0.6) is 5.75 Å². The highest BCUT2D eigenvalue weighted by atomic mass is 32.2. The second-order valence-corrected chi connectivity index (χ2v) is 16.7. The number of amides is 3. The second kappa shape index (κ2) is 20.9. The number of ether oxygens (including phenoxy) is 1. The zero-order valence-corrected chi connectivity index (χ0v) is 33.2. The summed E-state index contributed by atoms with van der Waals surface area (Å²) in [6.07, 6.45) is 12.7. The summed E-state index contributed by atoms with van der Waals surface area (Å²) in [6.45, 7) is 10.7. The number of sulfonamides is 1. The van der Waals surface area contributed by atoms with Gasteiger partial charge in [-0.3, -0.25) is 23.9 Å². The highest BCUT2D eigenvalue weighted by molar-refractivity contribution is 7.90. The van der Waals surface area contributed by atoms with Gasteiger partial charge in [0.15, 0.2) is 10.6 Å². The van der Waals surface area contributed by atoms with Gasteiger partial charge in [0.25, 0.3) is 0 Å². The predicted molar refractivity (Wildman–Crippen MR) is 212 cm³/mol. The lowest BCUT2D eigenvalue weighted by atomic mass is 10.1. The number of hydrogen-bond donors (Lipinski definition) is 4. The van der Waals surface area contributed by atoms with Gasteiger partial charge >= 0.3 is 0 Å². The first-order chi connectivity index (χ1) is 25.2. The fourth-order valence-corrected chi connectivity index (χ4v) is 7.75. The Morgan fingerprint density at radius 1 is 1.17 bits per heavy atom. The van der Waals surface area contributed by atoms with Gasteiger partial charge in [-0.15, -0.1) is 17.9 Å². The molecule has 292 valence electrons. The van der Waals surface area contributed by atoms with Crippen molar-refractivity contribution in [2.45, 2.75) is 96.3 Å². The molecule has 6 rings (SSSR count). The van der Waals surface area contributed by atoms with E-state index in [1.165, 1.54) is 37.0 Å². The Hall–Kier alpha value is -4.24. The number of thiazole rings is 1. The van der Waals surface area contributed by atoms with Crippen molar-refractivity contribution in [2.24, 2.45) is 23.5 Å². The molecule has 2 aromatic heterocycles. The van der Waals surface area contributed by atoms with Crippen LogP contribution in [0.1, 0.15) is 85.0 Å². The number of hydrogen-bond acceptors (Lipinski definition) is 10. The van der Waals surface area contributed by atoms with Crippen molar-refractivity contribution in [3.8, 4) is 17.1 Å². The number of aromatic nitrogens is 2. The van der Waals surface area contributed by atoms with E-state index >= 15 is 0 Å². The van der Waals surface area contributed by atoms with E-state index in [0.717, 1.165) is 55.0 Å². The lowest BCUT2D eigenvalue weighted by Gasteiger charge is -2.08. The van der Waals surface area contributed by atoms with E-state index in [1.54, 1.807) is 36.3 Å². The molecule has 1 aromatic carbocycles. The number of pyridine rings is 1. The quantitative estimate of drug-likeness (QED) is 0.0887. The number of primary amides is 1. The van der Waals surface area contributed by atoms with Crippen LogP contribution in [0.4, 0.5) is 5.13 Å². The molecule has 0 aliphatic heterocycles. The molecule has 53 heavy (non-hydrogen) atoms. The fraction of sp³-hybridized carbons (Fsp3) is 0.553. The number of unbranched alkanes of at least 4 members (excludes halogenated alkanes) is 2. The summed E-state index contributed by atoms with van der Waals surface area (Å²) in [6, 6.07) is 7.27. The van der Waals surface area contributed by atoms with E-state index in [1.807, 2.05) is 18.5 Å². The number of methoxy groups -OCH3 is 1. The maximum absolute atomic E-state index is 12.3. The number of carbonyl (C=O) groups is 3. The first-order valence-electron chi connectivity index (χ1n) is 18.3.